The molecule has 0 N–H and O–H groups in total. The second kappa shape index (κ2) is 9.44. The first-order chi connectivity index (χ1) is 7.20. The molecule has 0 saturated carbocycles. The number of allylic oxidation sites excluding steroid dienone is 1. The molecule has 0 atom stereocenters. The molecular weight excluding hydrogens is 192 g/mol. The minimum absolute atomic E-state index is 0.0737. The van der Waals surface area contributed by atoms with Crippen molar-refractivity contribution in [3.8, 4) is 0 Å². The van der Waals surface area contributed by atoms with Crippen LogP contribution in [0.1, 0.15) is 45.4 Å². The topological polar surface area (TPSA) is 43.4 Å². The number of hydrogen-bond donors (Lipinski definition) is 0. The molecule has 0 fully saturated rings. The van der Waals surface area contributed by atoms with Gasteiger partial charge in [-0.1, -0.05) is 25.8 Å². The Bertz CT molecular complexity index is 209. The van der Waals surface area contributed by atoms with E-state index in [4.69, 9.17) is 4.74 Å². The van der Waals surface area contributed by atoms with Crippen LogP contribution in [0.3, 0.4) is 0 Å². The number of hydrogen-bond acceptors (Lipinski definition) is 3. The highest BCUT2D eigenvalue weighted by Crippen LogP contribution is 1.99. The zero-order chi connectivity index (χ0) is 11.5. The van der Waals surface area contributed by atoms with Crippen LogP contribution in [0.5, 0.6) is 0 Å². The summed E-state index contributed by atoms with van der Waals surface area (Å²) in [4.78, 5) is 22.3. The molecule has 0 radical (unpaired) electrons. The van der Waals surface area contributed by atoms with Gasteiger partial charge in [-0.3, -0.25) is 9.59 Å². The van der Waals surface area contributed by atoms with E-state index in [1.807, 2.05) is 0 Å². The molecule has 0 rings (SSSR count). The maximum atomic E-state index is 11.2. The summed E-state index contributed by atoms with van der Waals surface area (Å²) in [6, 6.07) is 0. The monoisotopic (exact) mass is 212 g/mol. The van der Waals surface area contributed by atoms with Crippen LogP contribution in [0.2, 0.25) is 0 Å². The van der Waals surface area contributed by atoms with Crippen molar-refractivity contribution in [2.45, 2.75) is 45.4 Å². The number of ketones is 1. The largest absolute Gasteiger partial charge is 0.465 e. The molecule has 3 nitrogen and oxygen atoms in total. The van der Waals surface area contributed by atoms with Gasteiger partial charge in [0, 0.05) is 6.42 Å². The van der Waals surface area contributed by atoms with E-state index in [9.17, 15) is 9.59 Å². The van der Waals surface area contributed by atoms with E-state index in [2.05, 4.69) is 13.5 Å². The molecule has 0 aromatic carbocycles. The van der Waals surface area contributed by atoms with E-state index in [1.165, 1.54) is 0 Å². The van der Waals surface area contributed by atoms with Crippen LogP contribution in [0.15, 0.2) is 12.7 Å². The molecule has 0 heterocycles. The standard InChI is InChI=1S/C12H20O3/c1-3-5-7-9-15-12(14)10-11(13)8-6-4-2/h4H,2-3,5-10H2,1H3. The van der Waals surface area contributed by atoms with Crippen LogP contribution >= 0.6 is 0 Å². The maximum Gasteiger partial charge on any atom is 0.313 e. The number of carbonyl (C=O) groups is 2. The fraction of sp³-hybridized carbons (Fsp3) is 0.667. The highest BCUT2D eigenvalue weighted by molar-refractivity contribution is 5.95. The van der Waals surface area contributed by atoms with Crippen molar-refractivity contribution in [2.24, 2.45) is 0 Å². The van der Waals surface area contributed by atoms with Crippen LogP contribution in [0.25, 0.3) is 0 Å². The number of esters is 1. The molecule has 0 aliphatic heterocycles. The van der Waals surface area contributed by atoms with Crippen LogP contribution in [-0.2, 0) is 14.3 Å². The van der Waals surface area contributed by atoms with Crippen molar-refractivity contribution in [1.29, 1.82) is 0 Å². The predicted molar refractivity (Wildman–Crippen MR) is 59.5 cm³/mol. The summed E-state index contributed by atoms with van der Waals surface area (Å²) in [5, 5.41) is 0. The van der Waals surface area contributed by atoms with Gasteiger partial charge in [0.25, 0.3) is 0 Å². The van der Waals surface area contributed by atoms with Gasteiger partial charge in [0.1, 0.15) is 12.2 Å². The first-order valence-corrected chi connectivity index (χ1v) is 5.49. The van der Waals surface area contributed by atoms with Crippen molar-refractivity contribution < 1.29 is 14.3 Å². The maximum absolute atomic E-state index is 11.2. The Labute approximate surface area is 91.5 Å². The smallest absolute Gasteiger partial charge is 0.313 e. The van der Waals surface area contributed by atoms with E-state index in [0.29, 0.717) is 19.4 Å². The summed E-state index contributed by atoms with van der Waals surface area (Å²) in [6.45, 7) is 6.03. The molecule has 0 amide bonds. The fourth-order valence-electron chi connectivity index (χ4n) is 1.10. The van der Waals surface area contributed by atoms with Gasteiger partial charge in [-0.2, -0.15) is 0 Å². The average molecular weight is 212 g/mol. The number of Topliss-reactive ketones (excluding diaryl/α,β-unsaturated/α-hetero) is 1. The second-order valence-corrected chi connectivity index (χ2v) is 3.47. The molecular formula is C12H20O3. The van der Waals surface area contributed by atoms with Crippen molar-refractivity contribution in [2.75, 3.05) is 6.61 Å². The van der Waals surface area contributed by atoms with Crippen molar-refractivity contribution in [3.05, 3.63) is 12.7 Å². The van der Waals surface area contributed by atoms with Crippen molar-refractivity contribution in [3.63, 3.8) is 0 Å². The average Bonchev–Trinajstić information content (AvgIpc) is 2.21. The lowest BCUT2D eigenvalue weighted by molar-refractivity contribution is -0.146. The van der Waals surface area contributed by atoms with Crippen LogP contribution in [0.4, 0.5) is 0 Å². The molecule has 0 aliphatic rings. The van der Waals surface area contributed by atoms with E-state index in [1.54, 1.807) is 6.08 Å². The summed E-state index contributed by atoms with van der Waals surface area (Å²) in [7, 11) is 0. The fourth-order valence-corrected chi connectivity index (χ4v) is 1.10. The molecule has 0 aromatic rings. The van der Waals surface area contributed by atoms with Gasteiger partial charge in [0.2, 0.25) is 0 Å². The van der Waals surface area contributed by atoms with Gasteiger partial charge in [0.15, 0.2) is 0 Å². The van der Waals surface area contributed by atoms with E-state index >= 15 is 0 Å². The zero-order valence-corrected chi connectivity index (χ0v) is 9.46. The molecule has 0 saturated heterocycles. The third-order valence-corrected chi connectivity index (χ3v) is 1.98. The first-order valence-electron chi connectivity index (χ1n) is 5.49. The Morgan fingerprint density at radius 1 is 1.33 bits per heavy atom. The van der Waals surface area contributed by atoms with Gasteiger partial charge in [-0.15, -0.1) is 6.58 Å². The minimum Gasteiger partial charge on any atom is -0.465 e. The SMILES string of the molecule is C=CCCC(=O)CC(=O)OCCCCC. The highest BCUT2D eigenvalue weighted by atomic mass is 16.5. The molecule has 0 aromatic heterocycles. The van der Waals surface area contributed by atoms with Crippen molar-refractivity contribution in [1.82, 2.24) is 0 Å². The third kappa shape index (κ3) is 9.19. The molecule has 0 aliphatic carbocycles. The van der Waals surface area contributed by atoms with Gasteiger partial charge in [-0.25, -0.2) is 0 Å². The van der Waals surface area contributed by atoms with E-state index in [0.717, 1.165) is 19.3 Å². The summed E-state index contributed by atoms with van der Waals surface area (Å²) in [6.07, 6.45) is 5.61. The lowest BCUT2D eigenvalue weighted by atomic mass is 10.2. The second-order valence-electron chi connectivity index (χ2n) is 3.47. The quantitative estimate of drug-likeness (QED) is 0.255. The van der Waals surface area contributed by atoms with E-state index < -0.39 is 5.97 Å². The third-order valence-electron chi connectivity index (χ3n) is 1.98. The van der Waals surface area contributed by atoms with Crippen LogP contribution in [-0.4, -0.2) is 18.4 Å². The summed E-state index contributed by atoms with van der Waals surface area (Å²) < 4.78 is 4.91. The predicted octanol–water partition coefficient (Wildman–Crippen LogP) is 2.65. The Kier molecular flexibility index (Phi) is 8.73. The van der Waals surface area contributed by atoms with Gasteiger partial charge < -0.3 is 4.74 Å². The molecule has 86 valence electrons. The molecule has 15 heavy (non-hydrogen) atoms. The van der Waals surface area contributed by atoms with Crippen molar-refractivity contribution >= 4 is 11.8 Å². The van der Waals surface area contributed by atoms with Gasteiger partial charge in [0.05, 0.1) is 6.61 Å². The van der Waals surface area contributed by atoms with Crippen LogP contribution in [0, 0.1) is 0 Å². The Morgan fingerprint density at radius 2 is 2.07 bits per heavy atom. The normalized spacial score (nSPS) is 9.67. The Balaban J connectivity index is 3.46. The molecule has 0 unspecified atom stereocenters. The molecule has 0 spiro atoms. The first kappa shape index (κ1) is 13.9. The number of unbranched alkanes of at least 4 members (excludes halogenated alkanes) is 2. The minimum atomic E-state index is -0.403. The van der Waals surface area contributed by atoms with Crippen LogP contribution < -0.4 is 0 Å². The number of ether oxygens (including phenoxy) is 1. The Hall–Kier alpha value is -1.12. The molecule has 0 bridgehead atoms. The lowest BCUT2D eigenvalue weighted by Crippen LogP contribution is -2.11. The summed E-state index contributed by atoms with van der Waals surface area (Å²) in [5.41, 5.74) is 0. The van der Waals surface area contributed by atoms with E-state index in [-0.39, 0.29) is 12.2 Å². The summed E-state index contributed by atoms with van der Waals surface area (Å²) in [5.74, 6) is -0.476. The molecule has 3 heteroatoms. The zero-order valence-electron chi connectivity index (χ0n) is 9.46. The summed E-state index contributed by atoms with van der Waals surface area (Å²) >= 11 is 0. The Morgan fingerprint density at radius 3 is 2.67 bits per heavy atom. The number of carbonyl (C=O) groups excluding carboxylic acids is 2. The lowest BCUT2D eigenvalue weighted by Gasteiger charge is -2.03. The van der Waals surface area contributed by atoms with Gasteiger partial charge >= 0.3 is 5.97 Å². The number of rotatable bonds is 9. The highest BCUT2D eigenvalue weighted by Gasteiger charge is 2.09. The van der Waals surface area contributed by atoms with Gasteiger partial charge in [-0.05, 0) is 12.8 Å².